The maximum Gasteiger partial charge on any atom is 0.414 e. The van der Waals surface area contributed by atoms with Crippen LogP contribution in [0.4, 0.5) is 16.2 Å². The molecule has 0 bridgehead atoms. The molecule has 3 aromatic carbocycles. The number of likely N-dealkylation sites (tertiary alicyclic amines) is 1. The first-order chi connectivity index (χ1) is 17.1. The number of rotatable bonds is 4. The van der Waals surface area contributed by atoms with E-state index in [0.717, 1.165) is 65.1 Å². The molecule has 0 spiro atoms. The molecule has 2 amide bonds. The normalized spacial score (nSPS) is 19.5. The Morgan fingerprint density at radius 3 is 2.57 bits per heavy atom. The zero-order valence-corrected chi connectivity index (χ0v) is 19.3. The summed E-state index contributed by atoms with van der Waals surface area (Å²) in [5, 5.41) is 13.6. The number of cyclic esters (lactones) is 1. The van der Waals surface area contributed by atoms with Gasteiger partial charge in [-0.1, -0.05) is 48.5 Å². The number of hydrogen-bond acceptors (Lipinski definition) is 5. The van der Waals surface area contributed by atoms with E-state index < -0.39 is 6.10 Å². The van der Waals surface area contributed by atoms with E-state index in [4.69, 9.17) is 4.74 Å². The molecule has 7 nitrogen and oxygen atoms in total. The van der Waals surface area contributed by atoms with Gasteiger partial charge in [0.1, 0.15) is 12.7 Å². The number of para-hydroxylation sites is 1. The molecular formula is C28H27N3O4. The molecule has 2 N–H and O–H groups in total. The number of amides is 2. The summed E-state index contributed by atoms with van der Waals surface area (Å²) in [5.41, 5.74) is 6.41. The lowest BCUT2D eigenvalue weighted by Crippen LogP contribution is -2.50. The van der Waals surface area contributed by atoms with Gasteiger partial charge >= 0.3 is 6.09 Å². The molecule has 6 rings (SSSR count). The Hall–Kier alpha value is -3.68. The van der Waals surface area contributed by atoms with Gasteiger partial charge in [-0.05, 0) is 53.3 Å². The van der Waals surface area contributed by atoms with Crippen LogP contribution in [0.5, 0.6) is 0 Å². The van der Waals surface area contributed by atoms with Crippen LogP contribution in [-0.2, 0) is 16.1 Å². The second-order valence-corrected chi connectivity index (χ2v) is 9.40. The Bertz CT molecular complexity index is 1300. The molecule has 2 heterocycles. The largest absolute Gasteiger partial charge is 0.444 e. The number of anilines is 2. The van der Waals surface area contributed by atoms with Crippen molar-refractivity contribution in [3.63, 3.8) is 0 Å². The highest BCUT2D eigenvalue weighted by molar-refractivity contribution is 5.94. The number of carbonyl (C=O) groups is 2. The number of aliphatic hydroxyl groups excluding tert-OH is 1. The van der Waals surface area contributed by atoms with Crippen molar-refractivity contribution < 1.29 is 19.4 Å². The van der Waals surface area contributed by atoms with Crippen molar-refractivity contribution in [2.75, 3.05) is 29.9 Å². The molecule has 0 aromatic heterocycles. The van der Waals surface area contributed by atoms with Crippen LogP contribution in [0.15, 0.2) is 66.7 Å². The van der Waals surface area contributed by atoms with Gasteiger partial charge in [0.2, 0.25) is 5.91 Å². The Balaban J connectivity index is 1.08. The molecule has 1 saturated heterocycles. The monoisotopic (exact) mass is 469 g/mol. The molecule has 1 aliphatic carbocycles. The summed E-state index contributed by atoms with van der Waals surface area (Å²) < 4.78 is 5.38. The van der Waals surface area contributed by atoms with Crippen LogP contribution in [0.25, 0.3) is 11.1 Å². The van der Waals surface area contributed by atoms with Gasteiger partial charge < -0.3 is 15.2 Å². The summed E-state index contributed by atoms with van der Waals surface area (Å²) in [7, 11) is 0. The Labute approximate surface area is 203 Å². The highest BCUT2D eigenvalue weighted by Crippen LogP contribution is 2.44. The summed E-state index contributed by atoms with van der Waals surface area (Å²) >= 11 is 0. The van der Waals surface area contributed by atoms with Gasteiger partial charge in [0.05, 0.1) is 12.2 Å². The van der Waals surface area contributed by atoms with Gasteiger partial charge in [-0.15, -0.1) is 0 Å². The number of benzene rings is 3. The van der Waals surface area contributed by atoms with Crippen LogP contribution in [0, 0.1) is 0 Å². The molecule has 0 saturated carbocycles. The number of hydrogen-bond donors (Lipinski definition) is 2. The Kier molecular flexibility index (Phi) is 5.51. The molecule has 178 valence electrons. The average molecular weight is 470 g/mol. The van der Waals surface area contributed by atoms with Gasteiger partial charge in [-0.2, -0.15) is 0 Å². The van der Waals surface area contributed by atoms with Crippen molar-refractivity contribution in [2.45, 2.75) is 31.6 Å². The molecular weight excluding hydrogens is 442 g/mol. The van der Waals surface area contributed by atoms with Crippen molar-refractivity contribution >= 4 is 23.4 Å². The number of fused-ring (bicyclic) bond motifs is 4. The van der Waals surface area contributed by atoms with Crippen molar-refractivity contribution in [3.05, 3.63) is 83.4 Å². The van der Waals surface area contributed by atoms with Gasteiger partial charge in [0.25, 0.3) is 0 Å². The summed E-state index contributed by atoms with van der Waals surface area (Å²) in [6.07, 6.45) is 0.647. The second kappa shape index (κ2) is 8.83. The maximum atomic E-state index is 12.8. The third kappa shape index (κ3) is 3.96. The van der Waals surface area contributed by atoms with Crippen LogP contribution < -0.4 is 10.2 Å². The van der Waals surface area contributed by atoms with E-state index in [1.807, 2.05) is 66.7 Å². The molecule has 1 unspecified atom stereocenters. The maximum absolute atomic E-state index is 12.8. The molecule has 3 aromatic rings. The van der Waals surface area contributed by atoms with E-state index in [9.17, 15) is 14.7 Å². The predicted molar refractivity (Wildman–Crippen MR) is 133 cm³/mol. The standard InChI is InChI=1S/C28H27N3O4/c32-26(29-19-9-10-23-24(15-19)21-6-2-3-7-22(21)27(23)33)16-30-13-11-20(12-14-30)31-25-8-4-1-5-18(25)17-35-28(31)34/h1-10,15,20,27,33H,11-14,16-17H2,(H,29,32). The van der Waals surface area contributed by atoms with Gasteiger partial charge in [-0.3, -0.25) is 14.6 Å². The second-order valence-electron chi connectivity index (χ2n) is 9.40. The summed E-state index contributed by atoms with van der Waals surface area (Å²) in [4.78, 5) is 29.2. The highest BCUT2D eigenvalue weighted by Gasteiger charge is 2.34. The fraction of sp³-hybridized carbons (Fsp3) is 0.286. The number of nitrogens with zero attached hydrogens (tertiary/aromatic N) is 2. The van der Waals surface area contributed by atoms with Gasteiger partial charge in [0.15, 0.2) is 0 Å². The van der Waals surface area contributed by atoms with E-state index in [-0.39, 0.29) is 18.0 Å². The van der Waals surface area contributed by atoms with Crippen LogP contribution in [0.3, 0.4) is 0 Å². The topological polar surface area (TPSA) is 82.1 Å². The van der Waals surface area contributed by atoms with Crippen LogP contribution in [0.1, 0.15) is 35.6 Å². The Morgan fingerprint density at radius 2 is 1.71 bits per heavy atom. The zero-order chi connectivity index (χ0) is 23.9. The molecule has 7 heteroatoms. The van der Waals surface area contributed by atoms with Crippen molar-refractivity contribution in [3.8, 4) is 11.1 Å². The molecule has 1 fully saturated rings. The van der Waals surface area contributed by atoms with E-state index in [0.29, 0.717) is 13.2 Å². The number of carbonyl (C=O) groups excluding carboxylic acids is 2. The predicted octanol–water partition coefficient (Wildman–Crippen LogP) is 4.31. The highest BCUT2D eigenvalue weighted by atomic mass is 16.6. The SMILES string of the molecule is O=C(CN1CCC(N2C(=O)OCc3ccccc32)CC1)Nc1ccc2c(c1)-c1ccccc1C2O. The first-order valence-corrected chi connectivity index (χ1v) is 12.1. The minimum Gasteiger partial charge on any atom is -0.444 e. The minimum atomic E-state index is -0.628. The van der Waals surface area contributed by atoms with E-state index in [1.54, 1.807) is 4.90 Å². The van der Waals surface area contributed by atoms with E-state index in [2.05, 4.69) is 10.2 Å². The number of ether oxygens (including phenoxy) is 1. The smallest absolute Gasteiger partial charge is 0.414 e. The van der Waals surface area contributed by atoms with E-state index >= 15 is 0 Å². The summed E-state index contributed by atoms with van der Waals surface area (Å²) in [5.74, 6) is -0.0713. The number of aliphatic hydroxyl groups is 1. The Morgan fingerprint density at radius 1 is 0.971 bits per heavy atom. The van der Waals surface area contributed by atoms with E-state index in [1.165, 1.54) is 0 Å². The minimum absolute atomic E-state index is 0.0615. The fourth-order valence-corrected chi connectivity index (χ4v) is 5.51. The zero-order valence-electron chi connectivity index (χ0n) is 19.3. The molecule has 1 atom stereocenters. The summed E-state index contributed by atoms with van der Waals surface area (Å²) in [6, 6.07) is 21.4. The molecule has 0 radical (unpaired) electrons. The molecule has 3 aliphatic rings. The third-order valence-corrected chi connectivity index (χ3v) is 7.27. The third-order valence-electron chi connectivity index (χ3n) is 7.27. The lowest BCUT2D eigenvalue weighted by atomic mass is 10.0. The van der Waals surface area contributed by atoms with Crippen LogP contribution >= 0.6 is 0 Å². The fourth-order valence-electron chi connectivity index (χ4n) is 5.51. The first-order valence-electron chi connectivity index (χ1n) is 12.1. The van der Waals surface area contributed by atoms with Crippen LogP contribution in [-0.4, -0.2) is 47.7 Å². The number of nitrogens with one attached hydrogen (secondary N) is 1. The van der Waals surface area contributed by atoms with Crippen molar-refractivity contribution in [1.29, 1.82) is 0 Å². The van der Waals surface area contributed by atoms with Gasteiger partial charge in [-0.25, -0.2) is 4.79 Å². The molecule has 2 aliphatic heterocycles. The lowest BCUT2D eigenvalue weighted by molar-refractivity contribution is -0.117. The van der Waals surface area contributed by atoms with Crippen molar-refractivity contribution in [1.82, 2.24) is 4.90 Å². The quantitative estimate of drug-likeness (QED) is 0.595. The average Bonchev–Trinajstić information content (AvgIpc) is 3.16. The van der Waals surface area contributed by atoms with Crippen LogP contribution in [0.2, 0.25) is 0 Å². The lowest BCUT2D eigenvalue weighted by Gasteiger charge is -2.40. The molecule has 35 heavy (non-hydrogen) atoms. The van der Waals surface area contributed by atoms with Gasteiger partial charge in [0, 0.05) is 30.4 Å². The summed E-state index contributed by atoms with van der Waals surface area (Å²) in [6.45, 7) is 2.07. The first kappa shape index (κ1) is 21.8. The van der Waals surface area contributed by atoms with Crippen molar-refractivity contribution in [2.24, 2.45) is 0 Å². The number of piperidine rings is 1.